The molecule has 2 atom stereocenters. The van der Waals surface area contributed by atoms with Gasteiger partial charge in [0.15, 0.2) is 0 Å². The molecule has 5 heteroatoms. The molecule has 0 aromatic carbocycles. The highest BCUT2D eigenvalue weighted by Crippen LogP contribution is 2.33. The normalized spacial score (nSPS) is 35.9. The van der Waals surface area contributed by atoms with Crippen molar-refractivity contribution >= 4 is 5.97 Å². The first kappa shape index (κ1) is 10.9. The van der Waals surface area contributed by atoms with Crippen molar-refractivity contribution in [2.45, 2.75) is 31.0 Å². The van der Waals surface area contributed by atoms with Gasteiger partial charge in [-0.2, -0.15) is 0 Å². The summed E-state index contributed by atoms with van der Waals surface area (Å²) >= 11 is 0. The molecule has 86 valence electrons. The van der Waals surface area contributed by atoms with Gasteiger partial charge in [-0.3, -0.25) is 0 Å². The molecule has 5 nitrogen and oxygen atoms in total. The summed E-state index contributed by atoms with van der Waals surface area (Å²) in [6.45, 7) is 1.75. The third kappa shape index (κ3) is 2.68. The second-order valence-corrected chi connectivity index (χ2v) is 4.15. The molecule has 0 radical (unpaired) electrons. The molecular weight excluding hydrogens is 200 g/mol. The van der Waals surface area contributed by atoms with Crippen LogP contribution in [0.15, 0.2) is 0 Å². The molecule has 2 aliphatic rings. The number of hydrogen-bond acceptors (Lipinski definition) is 4. The lowest BCUT2D eigenvalue weighted by Crippen LogP contribution is -2.43. The van der Waals surface area contributed by atoms with E-state index in [-0.39, 0.29) is 18.3 Å². The first-order valence-electron chi connectivity index (χ1n) is 5.25. The van der Waals surface area contributed by atoms with Gasteiger partial charge in [0.25, 0.3) is 0 Å². The van der Waals surface area contributed by atoms with Gasteiger partial charge in [0.05, 0.1) is 18.3 Å². The zero-order valence-corrected chi connectivity index (χ0v) is 8.61. The van der Waals surface area contributed by atoms with Crippen molar-refractivity contribution in [1.82, 2.24) is 0 Å². The van der Waals surface area contributed by atoms with Crippen LogP contribution in [-0.2, 0) is 19.0 Å². The van der Waals surface area contributed by atoms with Crippen LogP contribution >= 0.6 is 0 Å². The Hall–Kier alpha value is -0.650. The molecule has 0 amide bonds. The van der Waals surface area contributed by atoms with Gasteiger partial charge in [0.2, 0.25) is 0 Å². The minimum absolute atomic E-state index is 0.00319. The Kier molecular flexibility index (Phi) is 3.23. The molecule has 2 unspecified atom stereocenters. The molecule has 1 N–H and O–H groups in total. The van der Waals surface area contributed by atoms with Crippen LogP contribution in [0.1, 0.15) is 19.3 Å². The first-order valence-corrected chi connectivity index (χ1v) is 5.25. The average molecular weight is 216 g/mol. The number of rotatable bonds is 3. The number of carboxylic acids is 1. The third-order valence-corrected chi connectivity index (χ3v) is 2.96. The zero-order valence-electron chi connectivity index (χ0n) is 8.61. The van der Waals surface area contributed by atoms with Crippen LogP contribution in [0.25, 0.3) is 0 Å². The van der Waals surface area contributed by atoms with E-state index in [4.69, 9.17) is 19.3 Å². The number of carboxylic acid groups (broad SMARTS) is 1. The van der Waals surface area contributed by atoms with Crippen molar-refractivity contribution in [3.63, 3.8) is 0 Å². The summed E-state index contributed by atoms with van der Waals surface area (Å²) in [6.07, 6.45) is 2.41. The fraction of sp³-hybridized carbons (Fsp3) is 0.900. The summed E-state index contributed by atoms with van der Waals surface area (Å²) in [5.41, 5.74) is -0.207. The lowest BCUT2D eigenvalue weighted by atomic mass is 9.91. The minimum atomic E-state index is -0.918. The second kappa shape index (κ2) is 4.47. The highest BCUT2D eigenvalue weighted by molar-refractivity contribution is 5.68. The van der Waals surface area contributed by atoms with Gasteiger partial charge in [0, 0.05) is 26.1 Å². The van der Waals surface area contributed by atoms with E-state index in [1.165, 1.54) is 0 Å². The van der Waals surface area contributed by atoms with E-state index in [0.29, 0.717) is 13.2 Å². The Morgan fingerprint density at radius 1 is 1.53 bits per heavy atom. The molecule has 2 heterocycles. The van der Waals surface area contributed by atoms with E-state index >= 15 is 0 Å². The summed E-state index contributed by atoms with van der Waals surface area (Å²) in [4.78, 5) is 10.4. The molecule has 2 saturated heterocycles. The largest absolute Gasteiger partial charge is 0.480 e. The molecule has 15 heavy (non-hydrogen) atoms. The van der Waals surface area contributed by atoms with Crippen molar-refractivity contribution in [1.29, 1.82) is 0 Å². The van der Waals surface area contributed by atoms with Crippen LogP contribution in [0.5, 0.6) is 0 Å². The zero-order chi connectivity index (χ0) is 10.7. The summed E-state index contributed by atoms with van der Waals surface area (Å²) in [5, 5.41) is 8.52. The van der Waals surface area contributed by atoms with E-state index in [1.807, 2.05) is 0 Å². The minimum Gasteiger partial charge on any atom is -0.480 e. The monoisotopic (exact) mass is 216 g/mol. The van der Waals surface area contributed by atoms with Gasteiger partial charge in [0.1, 0.15) is 6.61 Å². The number of ether oxygens (including phenoxy) is 3. The molecule has 0 bridgehead atoms. The highest BCUT2D eigenvalue weighted by Gasteiger charge is 2.41. The fourth-order valence-electron chi connectivity index (χ4n) is 2.18. The Morgan fingerprint density at radius 3 is 3.07 bits per heavy atom. The van der Waals surface area contributed by atoms with Crippen molar-refractivity contribution in [2.75, 3.05) is 26.4 Å². The van der Waals surface area contributed by atoms with Gasteiger partial charge < -0.3 is 19.3 Å². The van der Waals surface area contributed by atoms with E-state index in [0.717, 1.165) is 25.9 Å². The predicted octanol–water partition coefficient (Wildman–Crippen LogP) is 0.426. The summed E-state index contributed by atoms with van der Waals surface area (Å²) in [7, 11) is 0. The number of hydrogen-bond donors (Lipinski definition) is 1. The van der Waals surface area contributed by atoms with Crippen molar-refractivity contribution in [2.24, 2.45) is 0 Å². The molecule has 2 fully saturated rings. The quantitative estimate of drug-likeness (QED) is 0.741. The number of carbonyl (C=O) groups is 1. The Bertz CT molecular complexity index is 234. The number of aliphatic carboxylic acids is 1. The van der Waals surface area contributed by atoms with Gasteiger partial charge in [-0.05, 0) is 6.42 Å². The lowest BCUT2D eigenvalue weighted by molar-refractivity contribution is -0.156. The Morgan fingerprint density at radius 2 is 2.40 bits per heavy atom. The Balaban J connectivity index is 1.84. The third-order valence-electron chi connectivity index (χ3n) is 2.96. The highest BCUT2D eigenvalue weighted by atomic mass is 16.6. The van der Waals surface area contributed by atoms with Crippen molar-refractivity contribution in [3.8, 4) is 0 Å². The smallest absolute Gasteiger partial charge is 0.329 e. The summed E-state index contributed by atoms with van der Waals surface area (Å²) in [5.74, 6) is -0.918. The Labute approximate surface area is 88.3 Å². The standard InChI is InChI=1S/C10H16O5/c11-9(12)6-14-8-1-3-15-10(5-8)2-4-13-7-10/h8H,1-7H2,(H,11,12). The first-order chi connectivity index (χ1) is 7.20. The van der Waals surface area contributed by atoms with Crippen LogP contribution in [-0.4, -0.2) is 49.2 Å². The van der Waals surface area contributed by atoms with E-state index in [2.05, 4.69) is 0 Å². The SMILES string of the molecule is O=C(O)COC1CCOC2(CCOC2)C1. The molecule has 2 rings (SSSR count). The molecule has 0 aromatic rings. The maximum Gasteiger partial charge on any atom is 0.329 e. The van der Waals surface area contributed by atoms with E-state index < -0.39 is 5.97 Å². The maximum atomic E-state index is 10.4. The van der Waals surface area contributed by atoms with Gasteiger partial charge in [-0.25, -0.2) is 4.79 Å². The summed E-state index contributed by atoms with van der Waals surface area (Å²) in [6, 6.07) is 0. The molecule has 0 saturated carbocycles. The molecule has 1 spiro atoms. The average Bonchev–Trinajstić information content (AvgIpc) is 2.63. The maximum absolute atomic E-state index is 10.4. The topological polar surface area (TPSA) is 65.0 Å². The molecule has 0 aliphatic carbocycles. The van der Waals surface area contributed by atoms with Crippen LogP contribution in [0.4, 0.5) is 0 Å². The fourth-order valence-corrected chi connectivity index (χ4v) is 2.18. The summed E-state index contributed by atoms with van der Waals surface area (Å²) < 4.78 is 16.3. The predicted molar refractivity (Wildman–Crippen MR) is 50.7 cm³/mol. The van der Waals surface area contributed by atoms with Crippen molar-refractivity contribution < 1.29 is 24.1 Å². The van der Waals surface area contributed by atoms with Crippen molar-refractivity contribution in [3.05, 3.63) is 0 Å². The van der Waals surface area contributed by atoms with Crippen LogP contribution in [0, 0.1) is 0 Å². The van der Waals surface area contributed by atoms with Crippen LogP contribution in [0.2, 0.25) is 0 Å². The van der Waals surface area contributed by atoms with E-state index in [1.54, 1.807) is 0 Å². The van der Waals surface area contributed by atoms with Crippen LogP contribution < -0.4 is 0 Å². The van der Waals surface area contributed by atoms with Gasteiger partial charge >= 0.3 is 5.97 Å². The lowest BCUT2D eigenvalue weighted by Gasteiger charge is -2.36. The van der Waals surface area contributed by atoms with Crippen LogP contribution in [0.3, 0.4) is 0 Å². The molecule has 2 aliphatic heterocycles. The van der Waals surface area contributed by atoms with Gasteiger partial charge in [-0.15, -0.1) is 0 Å². The van der Waals surface area contributed by atoms with E-state index in [9.17, 15) is 4.79 Å². The second-order valence-electron chi connectivity index (χ2n) is 4.15. The van der Waals surface area contributed by atoms with Gasteiger partial charge in [-0.1, -0.05) is 0 Å². The molecular formula is C10H16O5. The molecule has 0 aromatic heterocycles.